The number of benzene rings is 1. The van der Waals surface area contributed by atoms with Crippen LogP contribution < -0.4 is 4.90 Å². The molecule has 0 bridgehead atoms. The second kappa shape index (κ2) is 7.49. The van der Waals surface area contributed by atoms with Gasteiger partial charge >= 0.3 is 0 Å². The average Bonchev–Trinajstić information content (AvgIpc) is 3.42. The summed E-state index contributed by atoms with van der Waals surface area (Å²) in [4.78, 5) is 23.0. The first kappa shape index (κ1) is 18.7. The average molecular weight is 408 g/mol. The molecule has 0 atom stereocenters. The van der Waals surface area contributed by atoms with E-state index in [1.54, 1.807) is 12.4 Å². The number of aromatic amines is 2. The standard InChI is InChI=1S/C23H20N8/c1-14(24-2)13-31(3)19-9-11-26-22-21(19)27-23(28-22)20-16-12-15(7-8-18(16)29-30-20)17-6-4-5-10-25-17/h4-13H,2H2,1,3H3,(H,29,30)(H,26,27,28)/b14-13-. The lowest BCUT2D eigenvalue weighted by molar-refractivity contribution is 1.10. The van der Waals surface area contributed by atoms with Gasteiger partial charge in [-0.25, -0.2) is 9.97 Å². The molecule has 0 fully saturated rings. The van der Waals surface area contributed by atoms with Crippen molar-refractivity contribution >= 4 is 34.5 Å². The second-order valence-corrected chi connectivity index (χ2v) is 7.20. The van der Waals surface area contributed by atoms with Crippen LogP contribution in [-0.2, 0) is 0 Å². The third kappa shape index (κ3) is 3.33. The highest BCUT2D eigenvalue weighted by Gasteiger charge is 2.17. The number of hydrogen-bond donors (Lipinski definition) is 2. The molecule has 5 rings (SSSR count). The lowest BCUT2D eigenvalue weighted by Gasteiger charge is -2.14. The number of aliphatic imine (C=N–C) groups is 1. The largest absolute Gasteiger partial charge is 0.347 e. The molecule has 0 radical (unpaired) electrons. The molecule has 31 heavy (non-hydrogen) atoms. The Morgan fingerprint density at radius 3 is 2.84 bits per heavy atom. The maximum absolute atomic E-state index is 4.83. The Balaban J connectivity index is 1.63. The van der Waals surface area contributed by atoms with Crippen LogP contribution in [0.25, 0.3) is 44.8 Å². The Morgan fingerprint density at radius 2 is 2.03 bits per heavy atom. The molecular weight excluding hydrogens is 388 g/mol. The van der Waals surface area contributed by atoms with Gasteiger partial charge in [0.15, 0.2) is 11.5 Å². The molecule has 4 heterocycles. The van der Waals surface area contributed by atoms with Gasteiger partial charge in [-0.2, -0.15) is 5.10 Å². The Hall–Kier alpha value is -4.33. The van der Waals surface area contributed by atoms with E-state index in [-0.39, 0.29) is 0 Å². The minimum atomic E-state index is 0.648. The molecule has 0 saturated heterocycles. The van der Waals surface area contributed by atoms with E-state index in [0.717, 1.165) is 44.8 Å². The molecule has 0 aliphatic carbocycles. The summed E-state index contributed by atoms with van der Waals surface area (Å²) in [6.07, 6.45) is 5.44. The zero-order chi connectivity index (χ0) is 21.4. The summed E-state index contributed by atoms with van der Waals surface area (Å²) >= 11 is 0. The zero-order valence-corrected chi connectivity index (χ0v) is 17.2. The molecule has 8 heteroatoms. The molecule has 0 aliphatic rings. The molecule has 152 valence electrons. The maximum atomic E-state index is 4.83. The normalized spacial score (nSPS) is 11.9. The topological polar surface area (TPSA) is 98.7 Å². The minimum absolute atomic E-state index is 0.648. The van der Waals surface area contributed by atoms with Crippen molar-refractivity contribution in [1.82, 2.24) is 30.1 Å². The van der Waals surface area contributed by atoms with Crippen LogP contribution in [0.15, 0.2) is 71.7 Å². The van der Waals surface area contributed by atoms with Crippen LogP contribution in [0.1, 0.15) is 6.92 Å². The number of anilines is 1. The highest BCUT2D eigenvalue weighted by molar-refractivity contribution is 5.96. The van der Waals surface area contributed by atoms with E-state index in [9.17, 15) is 0 Å². The lowest BCUT2D eigenvalue weighted by atomic mass is 10.1. The van der Waals surface area contributed by atoms with Crippen molar-refractivity contribution < 1.29 is 0 Å². The van der Waals surface area contributed by atoms with Gasteiger partial charge in [-0.05, 0) is 44.0 Å². The Kier molecular flexibility index (Phi) is 4.51. The van der Waals surface area contributed by atoms with Crippen LogP contribution in [0.3, 0.4) is 0 Å². The predicted molar refractivity (Wildman–Crippen MR) is 124 cm³/mol. The fourth-order valence-electron chi connectivity index (χ4n) is 3.57. The van der Waals surface area contributed by atoms with E-state index >= 15 is 0 Å². The molecule has 2 N–H and O–H groups in total. The van der Waals surface area contributed by atoms with Gasteiger partial charge in [-0.3, -0.25) is 15.1 Å². The monoisotopic (exact) mass is 408 g/mol. The van der Waals surface area contributed by atoms with Gasteiger partial charge in [-0.1, -0.05) is 12.1 Å². The number of rotatable bonds is 5. The minimum Gasteiger partial charge on any atom is -0.347 e. The van der Waals surface area contributed by atoms with Crippen molar-refractivity contribution in [2.45, 2.75) is 6.92 Å². The number of hydrogen-bond acceptors (Lipinski definition) is 6. The number of nitrogens with one attached hydrogen (secondary N) is 2. The van der Waals surface area contributed by atoms with Crippen molar-refractivity contribution in [3.05, 3.63) is 66.8 Å². The fraction of sp³-hybridized carbons (Fsp3) is 0.0870. The summed E-state index contributed by atoms with van der Waals surface area (Å²) in [5, 5.41) is 8.57. The maximum Gasteiger partial charge on any atom is 0.161 e. The van der Waals surface area contributed by atoms with E-state index in [0.29, 0.717) is 11.5 Å². The van der Waals surface area contributed by atoms with Gasteiger partial charge < -0.3 is 9.88 Å². The molecular formula is C23H20N8. The molecule has 4 aromatic heterocycles. The van der Waals surface area contributed by atoms with Gasteiger partial charge in [0.05, 0.1) is 22.6 Å². The first-order valence-electron chi connectivity index (χ1n) is 9.76. The number of pyridine rings is 2. The summed E-state index contributed by atoms with van der Waals surface area (Å²) < 4.78 is 0. The summed E-state index contributed by atoms with van der Waals surface area (Å²) in [7, 11) is 1.95. The summed E-state index contributed by atoms with van der Waals surface area (Å²) in [6.45, 7) is 5.47. The summed E-state index contributed by atoms with van der Waals surface area (Å²) in [6, 6.07) is 13.9. The fourth-order valence-corrected chi connectivity index (χ4v) is 3.57. The highest BCUT2D eigenvalue weighted by atomic mass is 15.2. The first-order valence-corrected chi connectivity index (χ1v) is 9.76. The van der Waals surface area contributed by atoms with Crippen molar-refractivity contribution in [2.75, 3.05) is 11.9 Å². The Labute approximate surface area is 178 Å². The number of imidazole rings is 1. The van der Waals surface area contributed by atoms with Crippen LogP contribution in [0.2, 0.25) is 0 Å². The first-order chi connectivity index (χ1) is 15.1. The van der Waals surface area contributed by atoms with Crippen LogP contribution in [-0.4, -0.2) is 43.9 Å². The smallest absolute Gasteiger partial charge is 0.161 e. The van der Waals surface area contributed by atoms with E-state index in [1.807, 2.05) is 61.5 Å². The van der Waals surface area contributed by atoms with E-state index < -0.39 is 0 Å². The SMILES string of the molecule is C=N/C(C)=C\N(C)c1ccnc2[nH]c(-c3n[nH]c4ccc(-c5ccccn5)cc34)nc12. The molecule has 0 unspecified atom stereocenters. The van der Waals surface area contributed by atoms with Crippen molar-refractivity contribution in [3.63, 3.8) is 0 Å². The Morgan fingerprint density at radius 1 is 1.13 bits per heavy atom. The van der Waals surface area contributed by atoms with Crippen LogP contribution in [0.4, 0.5) is 5.69 Å². The lowest BCUT2D eigenvalue weighted by Crippen LogP contribution is -2.09. The predicted octanol–water partition coefficient (Wildman–Crippen LogP) is 4.56. The van der Waals surface area contributed by atoms with Gasteiger partial charge in [0.25, 0.3) is 0 Å². The van der Waals surface area contributed by atoms with Gasteiger partial charge in [-0.15, -0.1) is 0 Å². The number of nitrogens with zero attached hydrogens (tertiary/aromatic N) is 6. The number of aromatic nitrogens is 6. The number of H-pyrrole nitrogens is 2. The third-order valence-electron chi connectivity index (χ3n) is 5.12. The van der Waals surface area contributed by atoms with Crippen LogP contribution in [0, 0.1) is 0 Å². The second-order valence-electron chi connectivity index (χ2n) is 7.20. The number of allylic oxidation sites excluding steroid dienone is 1. The quantitative estimate of drug-likeness (QED) is 0.415. The molecule has 8 nitrogen and oxygen atoms in total. The summed E-state index contributed by atoms with van der Waals surface area (Å²) in [5.74, 6) is 0.648. The van der Waals surface area contributed by atoms with E-state index in [1.165, 1.54) is 0 Å². The number of fused-ring (bicyclic) bond motifs is 2. The van der Waals surface area contributed by atoms with Crippen molar-refractivity contribution in [1.29, 1.82) is 0 Å². The van der Waals surface area contributed by atoms with Gasteiger partial charge in [0, 0.05) is 36.6 Å². The van der Waals surface area contributed by atoms with Crippen LogP contribution in [0.5, 0.6) is 0 Å². The molecule has 0 saturated carbocycles. The van der Waals surface area contributed by atoms with E-state index in [2.05, 4.69) is 42.9 Å². The summed E-state index contributed by atoms with van der Waals surface area (Å²) in [5.41, 5.74) is 6.75. The molecule has 0 amide bonds. The van der Waals surface area contributed by atoms with Crippen LogP contribution >= 0.6 is 0 Å². The zero-order valence-electron chi connectivity index (χ0n) is 17.2. The molecule has 0 aliphatic heterocycles. The van der Waals surface area contributed by atoms with Gasteiger partial charge in [0.2, 0.25) is 0 Å². The highest BCUT2D eigenvalue weighted by Crippen LogP contribution is 2.31. The van der Waals surface area contributed by atoms with Crippen molar-refractivity contribution in [3.8, 4) is 22.8 Å². The third-order valence-corrected chi connectivity index (χ3v) is 5.12. The van der Waals surface area contributed by atoms with E-state index in [4.69, 9.17) is 4.98 Å². The van der Waals surface area contributed by atoms with Crippen molar-refractivity contribution in [2.24, 2.45) is 4.99 Å². The van der Waals surface area contributed by atoms with Gasteiger partial charge in [0.1, 0.15) is 11.2 Å². The molecule has 1 aromatic carbocycles. The Bertz CT molecular complexity index is 1430. The molecule has 5 aromatic rings. The molecule has 0 spiro atoms.